The van der Waals surface area contributed by atoms with E-state index in [2.05, 4.69) is 5.32 Å². The summed E-state index contributed by atoms with van der Waals surface area (Å²) in [5.41, 5.74) is 1.65. The van der Waals surface area contributed by atoms with Gasteiger partial charge in [0.15, 0.2) is 0 Å². The SMILES string of the molecule is COc1ccccc1CNC(=O)c1ccccc1C(=O)c1cccs1. The maximum atomic E-state index is 12.6. The molecule has 0 bridgehead atoms. The van der Waals surface area contributed by atoms with Crippen LogP contribution in [-0.2, 0) is 6.54 Å². The zero-order valence-corrected chi connectivity index (χ0v) is 14.5. The number of hydrogen-bond donors (Lipinski definition) is 1. The highest BCUT2D eigenvalue weighted by molar-refractivity contribution is 7.12. The molecule has 1 aromatic heterocycles. The maximum Gasteiger partial charge on any atom is 0.252 e. The Bertz CT molecular complexity index is 887. The number of amides is 1. The molecule has 0 atom stereocenters. The van der Waals surface area contributed by atoms with Crippen LogP contribution >= 0.6 is 11.3 Å². The number of ether oxygens (including phenoxy) is 1. The van der Waals surface area contributed by atoms with Gasteiger partial charge in [-0.3, -0.25) is 9.59 Å². The quantitative estimate of drug-likeness (QED) is 0.685. The van der Waals surface area contributed by atoms with Crippen molar-refractivity contribution in [1.29, 1.82) is 0 Å². The summed E-state index contributed by atoms with van der Waals surface area (Å²) in [4.78, 5) is 25.8. The summed E-state index contributed by atoms with van der Waals surface area (Å²) in [5, 5.41) is 4.71. The molecular formula is C20H17NO3S. The van der Waals surface area contributed by atoms with Gasteiger partial charge >= 0.3 is 0 Å². The standard InChI is InChI=1S/C20H17NO3S/c1-24-17-10-5-2-7-14(17)13-21-20(23)16-9-4-3-8-15(16)19(22)18-11-6-12-25-18/h2-12H,13H2,1H3,(H,21,23). The lowest BCUT2D eigenvalue weighted by Crippen LogP contribution is -2.25. The molecule has 0 aliphatic rings. The van der Waals surface area contributed by atoms with Gasteiger partial charge in [0.05, 0.1) is 17.6 Å². The molecule has 1 N–H and O–H groups in total. The third-order valence-corrected chi connectivity index (χ3v) is 4.66. The van der Waals surface area contributed by atoms with Crippen molar-refractivity contribution in [3.63, 3.8) is 0 Å². The minimum atomic E-state index is -0.286. The zero-order valence-electron chi connectivity index (χ0n) is 13.7. The Labute approximate surface area is 150 Å². The largest absolute Gasteiger partial charge is 0.496 e. The molecule has 3 aromatic rings. The Morgan fingerprint density at radius 1 is 0.960 bits per heavy atom. The van der Waals surface area contributed by atoms with Gasteiger partial charge in [-0.2, -0.15) is 0 Å². The van der Waals surface area contributed by atoms with Crippen molar-refractivity contribution in [2.75, 3.05) is 7.11 Å². The van der Waals surface area contributed by atoms with E-state index in [4.69, 9.17) is 4.74 Å². The van der Waals surface area contributed by atoms with E-state index < -0.39 is 0 Å². The molecule has 1 amide bonds. The summed E-state index contributed by atoms with van der Waals surface area (Å²) in [6.07, 6.45) is 0. The maximum absolute atomic E-state index is 12.6. The predicted molar refractivity (Wildman–Crippen MR) is 98.4 cm³/mol. The molecule has 0 fully saturated rings. The summed E-state index contributed by atoms with van der Waals surface area (Å²) in [6.45, 7) is 0.324. The summed E-state index contributed by atoms with van der Waals surface area (Å²) >= 11 is 1.36. The van der Waals surface area contributed by atoms with Crippen LogP contribution in [0.2, 0.25) is 0 Å². The second-order valence-corrected chi connectivity index (χ2v) is 6.29. The van der Waals surface area contributed by atoms with E-state index in [0.29, 0.717) is 28.3 Å². The minimum absolute atomic E-state index is 0.141. The highest BCUT2D eigenvalue weighted by atomic mass is 32.1. The smallest absolute Gasteiger partial charge is 0.252 e. The van der Waals surface area contributed by atoms with Gasteiger partial charge in [-0.05, 0) is 23.6 Å². The lowest BCUT2D eigenvalue weighted by atomic mass is 10.0. The first kappa shape index (κ1) is 16.9. The number of ketones is 1. The number of hydrogen-bond acceptors (Lipinski definition) is 4. The first-order chi connectivity index (χ1) is 12.2. The molecule has 0 saturated carbocycles. The second kappa shape index (κ2) is 7.77. The van der Waals surface area contributed by atoms with E-state index in [1.807, 2.05) is 35.7 Å². The molecule has 0 radical (unpaired) electrons. The van der Waals surface area contributed by atoms with Crippen molar-refractivity contribution in [2.45, 2.75) is 6.54 Å². The fraction of sp³-hybridized carbons (Fsp3) is 0.100. The fourth-order valence-electron chi connectivity index (χ4n) is 2.54. The molecule has 0 spiro atoms. The number of carbonyl (C=O) groups excluding carboxylic acids is 2. The molecule has 25 heavy (non-hydrogen) atoms. The van der Waals surface area contributed by atoms with Crippen LogP contribution in [0.5, 0.6) is 5.75 Å². The van der Waals surface area contributed by atoms with Gasteiger partial charge in [0.2, 0.25) is 5.78 Å². The summed E-state index contributed by atoms with van der Waals surface area (Å²) in [7, 11) is 1.59. The van der Waals surface area contributed by atoms with Gasteiger partial charge in [0.1, 0.15) is 5.75 Å². The van der Waals surface area contributed by atoms with Crippen molar-refractivity contribution in [3.8, 4) is 5.75 Å². The normalized spacial score (nSPS) is 10.3. The minimum Gasteiger partial charge on any atom is -0.496 e. The van der Waals surface area contributed by atoms with Crippen molar-refractivity contribution in [1.82, 2.24) is 5.32 Å². The Morgan fingerprint density at radius 3 is 2.40 bits per heavy atom. The average molecular weight is 351 g/mol. The second-order valence-electron chi connectivity index (χ2n) is 5.35. The molecule has 0 aliphatic heterocycles. The number of benzene rings is 2. The molecule has 0 unspecified atom stereocenters. The van der Waals surface area contributed by atoms with E-state index in [-0.39, 0.29) is 11.7 Å². The Hall–Kier alpha value is -2.92. The van der Waals surface area contributed by atoms with Crippen molar-refractivity contribution >= 4 is 23.0 Å². The van der Waals surface area contributed by atoms with Crippen molar-refractivity contribution in [2.24, 2.45) is 0 Å². The third kappa shape index (κ3) is 3.78. The molecule has 4 nitrogen and oxygen atoms in total. The van der Waals surface area contributed by atoms with Crippen LogP contribution in [0.15, 0.2) is 66.0 Å². The van der Waals surface area contributed by atoms with Crippen LogP contribution in [0.25, 0.3) is 0 Å². The van der Waals surface area contributed by atoms with Gasteiger partial charge in [-0.1, -0.05) is 42.5 Å². The van der Waals surface area contributed by atoms with Gasteiger partial charge in [-0.15, -0.1) is 11.3 Å². The summed E-state index contributed by atoms with van der Waals surface area (Å²) in [5.74, 6) is 0.287. The molecule has 3 rings (SSSR count). The number of methoxy groups -OCH3 is 1. The van der Waals surface area contributed by atoms with Gasteiger partial charge in [-0.25, -0.2) is 0 Å². The molecule has 1 heterocycles. The van der Waals surface area contributed by atoms with E-state index in [1.54, 1.807) is 37.4 Å². The van der Waals surface area contributed by atoms with Gasteiger partial charge in [0, 0.05) is 17.7 Å². The monoisotopic (exact) mass is 351 g/mol. The number of para-hydroxylation sites is 1. The molecule has 0 aliphatic carbocycles. The fourth-order valence-corrected chi connectivity index (χ4v) is 3.22. The van der Waals surface area contributed by atoms with E-state index in [9.17, 15) is 9.59 Å². The Balaban J connectivity index is 1.80. The highest BCUT2D eigenvalue weighted by Gasteiger charge is 2.18. The molecule has 0 saturated heterocycles. The van der Waals surface area contributed by atoms with Crippen molar-refractivity contribution in [3.05, 3.63) is 87.6 Å². The van der Waals surface area contributed by atoms with E-state index in [1.165, 1.54) is 11.3 Å². The summed E-state index contributed by atoms with van der Waals surface area (Å²) in [6, 6.07) is 17.9. The summed E-state index contributed by atoms with van der Waals surface area (Å²) < 4.78 is 5.29. The van der Waals surface area contributed by atoms with Crippen LogP contribution in [0.3, 0.4) is 0 Å². The number of rotatable bonds is 6. The number of nitrogens with one attached hydrogen (secondary N) is 1. The van der Waals surface area contributed by atoms with Gasteiger partial charge in [0.25, 0.3) is 5.91 Å². The first-order valence-electron chi connectivity index (χ1n) is 7.78. The number of carbonyl (C=O) groups is 2. The first-order valence-corrected chi connectivity index (χ1v) is 8.66. The Morgan fingerprint density at radius 2 is 1.68 bits per heavy atom. The predicted octanol–water partition coefficient (Wildman–Crippen LogP) is 3.92. The van der Waals surface area contributed by atoms with Crippen molar-refractivity contribution < 1.29 is 14.3 Å². The van der Waals surface area contributed by atoms with Crippen LogP contribution < -0.4 is 10.1 Å². The molecular weight excluding hydrogens is 334 g/mol. The van der Waals surface area contributed by atoms with E-state index in [0.717, 1.165) is 5.56 Å². The highest BCUT2D eigenvalue weighted by Crippen LogP contribution is 2.20. The Kier molecular flexibility index (Phi) is 5.26. The van der Waals surface area contributed by atoms with E-state index >= 15 is 0 Å². The van der Waals surface area contributed by atoms with Crippen LogP contribution in [0.1, 0.15) is 31.2 Å². The topological polar surface area (TPSA) is 55.4 Å². The molecule has 2 aromatic carbocycles. The zero-order chi connectivity index (χ0) is 17.6. The molecule has 5 heteroatoms. The lowest BCUT2D eigenvalue weighted by molar-refractivity contribution is 0.0940. The average Bonchev–Trinajstić information content (AvgIpc) is 3.20. The lowest BCUT2D eigenvalue weighted by Gasteiger charge is -2.11. The van der Waals surface area contributed by atoms with Crippen LogP contribution in [0.4, 0.5) is 0 Å². The van der Waals surface area contributed by atoms with Gasteiger partial charge < -0.3 is 10.1 Å². The van der Waals surface area contributed by atoms with Crippen LogP contribution in [-0.4, -0.2) is 18.8 Å². The van der Waals surface area contributed by atoms with Crippen LogP contribution in [0, 0.1) is 0 Å². The number of thiophene rings is 1. The third-order valence-electron chi connectivity index (χ3n) is 3.79. The molecule has 126 valence electrons.